The highest BCUT2D eigenvalue weighted by molar-refractivity contribution is 7.10. The van der Waals surface area contributed by atoms with Crippen molar-refractivity contribution in [2.24, 2.45) is 0 Å². The molecule has 0 radical (unpaired) electrons. The van der Waals surface area contributed by atoms with Crippen molar-refractivity contribution in [3.05, 3.63) is 58.9 Å². The van der Waals surface area contributed by atoms with Crippen LogP contribution in [0.3, 0.4) is 0 Å². The fourth-order valence-corrected chi connectivity index (χ4v) is 2.18. The number of nitrogens with zero attached hydrogens (tertiary/aromatic N) is 1. The molecule has 0 fully saturated rings. The average Bonchev–Trinajstić information content (AvgIpc) is 2.47. The maximum Gasteiger partial charge on any atom is 0.259 e. The third kappa shape index (κ3) is 2.11. The van der Waals surface area contributed by atoms with E-state index in [0.717, 1.165) is 5.56 Å². The van der Waals surface area contributed by atoms with Crippen LogP contribution in [0.4, 0.5) is 0 Å². The smallest absolute Gasteiger partial charge is 0.259 e. The molecule has 0 spiro atoms. The number of H-pyrrole nitrogens is 1. The van der Waals surface area contributed by atoms with Gasteiger partial charge in [-0.25, -0.2) is 4.98 Å². The van der Waals surface area contributed by atoms with E-state index in [1.165, 1.54) is 0 Å². The van der Waals surface area contributed by atoms with Gasteiger partial charge in [0.2, 0.25) is 0 Å². The molecule has 1 unspecified atom stereocenters. The van der Waals surface area contributed by atoms with E-state index in [0.29, 0.717) is 22.5 Å². The zero-order valence-electron chi connectivity index (χ0n) is 9.96. The summed E-state index contributed by atoms with van der Waals surface area (Å²) in [6, 6.07) is 14.7. The molecule has 0 amide bonds. The first-order valence-electron chi connectivity index (χ1n) is 5.75. The lowest BCUT2D eigenvalue weighted by molar-refractivity contribution is 0.647. The molecule has 1 atom stereocenters. The Labute approximate surface area is 111 Å². The second kappa shape index (κ2) is 4.82. The van der Waals surface area contributed by atoms with Crippen LogP contribution in [0.2, 0.25) is 0 Å². The first kappa shape index (κ1) is 11.9. The maximum atomic E-state index is 12.0. The van der Waals surface area contributed by atoms with Gasteiger partial charge in [-0.05, 0) is 24.3 Å². The molecule has 1 N–H and O–H groups in total. The van der Waals surface area contributed by atoms with Gasteiger partial charge in [0, 0.05) is 0 Å². The van der Waals surface area contributed by atoms with E-state index in [9.17, 15) is 4.79 Å². The molecule has 4 nitrogen and oxygen atoms in total. The van der Waals surface area contributed by atoms with Crippen LogP contribution in [-0.2, 0) is 0 Å². The van der Waals surface area contributed by atoms with Gasteiger partial charge in [0.1, 0.15) is 11.6 Å². The minimum absolute atomic E-state index is 0.154. The van der Waals surface area contributed by atoms with Crippen molar-refractivity contribution in [1.29, 1.82) is 0 Å². The van der Waals surface area contributed by atoms with Crippen LogP contribution in [0, 0.1) is 0 Å². The summed E-state index contributed by atoms with van der Waals surface area (Å²) in [5.74, 6) is 1.15. The van der Waals surface area contributed by atoms with Gasteiger partial charge in [-0.3, -0.25) is 4.79 Å². The van der Waals surface area contributed by atoms with Crippen LogP contribution in [-0.4, -0.2) is 9.97 Å². The first-order chi connectivity index (χ1) is 9.29. The summed E-state index contributed by atoms with van der Waals surface area (Å²) in [6.07, 6.45) is 0. The normalized spacial score (nSPS) is 10.6. The minimum atomic E-state index is -0.154. The second-order valence-corrected chi connectivity index (χ2v) is 4.28. The maximum absolute atomic E-state index is 12.0. The van der Waals surface area contributed by atoms with Gasteiger partial charge in [0.05, 0.1) is 25.9 Å². The summed E-state index contributed by atoms with van der Waals surface area (Å²) in [5, 5.41) is 0.579. The number of fused-ring (bicyclic) bond motifs is 1. The van der Waals surface area contributed by atoms with Crippen LogP contribution in [0.5, 0.6) is 5.75 Å². The SMILES string of the molecule is O=c1[nH]c(-c2ccccc2OP)nc2ccccc12. The van der Waals surface area contributed by atoms with Crippen molar-refractivity contribution in [2.45, 2.75) is 0 Å². The van der Waals surface area contributed by atoms with E-state index in [1.54, 1.807) is 6.07 Å². The monoisotopic (exact) mass is 270 g/mol. The number of hydrogen-bond acceptors (Lipinski definition) is 3. The Morgan fingerprint density at radius 2 is 1.79 bits per heavy atom. The van der Waals surface area contributed by atoms with E-state index in [1.807, 2.05) is 42.5 Å². The summed E-state index contributed by atoms with van der Waals surface area (Å²) < 4.78 is 5.21. The summed E-state index contributed by atoms with van der Waals surface area (Å²) in [5.41, 5.74) is 1.26. The molecule has 0 saturated heterocycles. The molecule has 0 bridgehead atoms. The topological polar surface area (TPSA) is 55.0 Å². The summed E-state index contributed by atoms with van der Waals surface area (Å²) in [6.45, 7) is 0. The number of rotatable bonds is 2. The highest BCUT2D eigenvalue weighted by Crippen LogP contribution is 2.28. The van der Waals surface area contributed by atoms with Crippen LogP contribution in [0.1, 0.15) is 0 Å². The summed E-state index contributed by atoms with van der Waals surface area (Å²) >= 11 is 0. The Hall–Kier alpha value is -2.19. The number of aromatic amines is 1. The van der Waals surface area contributed by atoms with Gasteiger partial charge in [-0.1, -0.05) is 24.3 Å². The Balaban J connectivity index is 2.29. The number of hydrogen-bond donors (Lipinski definition) is 1. The molecule has 94 valence electrons. The largest absolute Gasteiger partial charge is 0.480 e. The molecule has 1 aromatic heterocycles. The van der Waals surface area contributed by atoms with Gasteiger partial charge < -0.3 is 9.51 Å². The van der Waals surface area contributed by atoms with Gasteiger partial charge >= 0.3 is 0 Å². The second-order valence-electron chi connectivity index (χ2n) is 4.05. The van der Waals surface area contributed by atoms with Crippen LogP contribution in [0.25, 0.3) is 22.3 Å². The van der Waals surface area contributed by atoms with Gasteiger partial charge in [-0.15, -0.1) is 0 Å². The quantitative estimate of drug-likeness (QED) is 0.728. The third-order valence-electron chi connectivity index (χ3n) is 2.88. The standard InChI is InChI=1S/C14H11N2O2P/c17-14-9-5-1-3-7-11(9)15-13(16-14)10-6-2-4-8-12(10)18-19/h1-8H,19H2,(H,15,16,17). The molecule has 0 saturated carbocycles. The third-order valence-corrected chi connectivity index (χ3v) is 3.14. The summed E-state index contributed by atoms with van der Waals surface area (Å²) in [4.78, 5) is 19.3. The molecule has 3 aromatic rings. The number of aromatic nitrogens is 2. The fourth-order valence-electron chi connectivity index (χ4n) is 1.98. The molecule has 3 rings (SSSR count). The molecule has 2 aromatic carbocycles. The van der Waals surface area contributed by atoms with Gasteiger partial charge in [0.15, 0.2) is 0 Å². The molecule has 5 heteroatoms. The molecule has 19 heavy (non-hydrogen) atoms. The predicted molar refractivity (Wildman–Crippen MR) is 78.1 cm³/mol. The zero-order chi connectivity index (χ0) is 13.2. The molecular weight excluding hydrogens is 259 g/mol. The van der Waals surface area contributed by atoms with Crippen molar-refractivity contribution >= 4 is 20.4 Å². The van der Waals surface area contributed by atoms with E-state index in [4.69, 9.17) is 4.52 Å². The van der Waals surface area contributed by atoms with Gasteiger partial charge in [-0.2, -0.15) is 0 Å². The fraction of sp³-hybridized carbons (Fsp3) is 0. The highest BCUT2D eigenvalue weighted by Gasteiger charge is 2.09. The van der Waals surface area contributed by atoms with Crippen LogP contribution in [0.15, 0.2) is 53.3 Å². The van der Waals surface area contributed by atoms with Crippen LogP contribution >= 0.6 is 9.47 Å². The van der Waals surface area contributed by atoms with Crippen LogP contribution < -0.4 is 10.1 Å². The molecule has 0 aliphatic carbocycles. The Bertz CT molecular complexity index is 799. The lowest BCUT2D eigenvalue weighted by Crippen LogP contribution is -2.09. The lowest BCUT2D eigenvalue weighted by Gasteiger charge is -2.07. The van der Waals surface area contributed by atoms with E-state index in [-0.39, 0.29) is 5.56 Å². The van der Waals surface area contributed by atoms with Crippen molar-refractivity contribution in [3.63, 3.8) is 0 Å². The Morgan fingerprint density at radius 1 is 1.05 bits per heavy atom. The minimum Gasteiger partial charge on any atom is -0.480 e. The lowest BCUT2D eigenvalue weighted by atomic mass is 10.1. The zero-order valence-corrected chi connectivity index (χ0v) is 11.1. The van der Waals surface area contributed by atoms with Crippen molar-refractivity contribution in [1.82, 2.24) is 9.97 Å². The Morgan fingerprint density at radius 3 is 2.63 bits per heavy atom. The average molecular weight is 270 g/mol. The Kier molecular flexibility index (Phi) is 3.02. The van der Waals surface area contributed by atoms with Crippen molar-refractivity contribution < 1.29 is 4.52 Å². The van der Waals surface area contributed by atoms with Gasteiger partial charge in [0.25, 0.3) is 5.56 Å². The first-order valence-corrected chi connectivity index (χ1v) is 6.22. The van der Waals surface area contributed by atoms with Crippen molar-refractivity contribution in [3.8, 4) is 17.1 Å². The van der Waals surface area contributed by atoms with E-state index < -0.39 is 0 Å². The molecule has 0 aliphatic heterocycles. The molecule has 1 heterocycles. The molecular formula is C14H11N2O2P. The predicted octanol–water partition coefficient (Wildman–Crippen LogP) is 2.76. The van der Waals surface area contributed by atoms with Crippen molar-refractivity contribution in [2.75, 3.05) is 0 Å². The van der Waals surface area contributed by atoms with E-state index in [2.05, 4.69) is 19.4 Å². The highest BCUT2D eigenvalue weighted by atomic mass is 31.0. The number of para-hydroxylation sites is 2. The summed E-state index contributed by atoms with van der Waals surface area (Å²) in [7, 11) is 2.20. The number of benzene rings is 2. The van der Waals surface area contributed by atoms with E-state index >= 15 is 0 Å². The number of nitrogens with one attached hydrogen (secondary N) is 1. The molecule has 0 aliphatic rings.